The fraction of sp³-hybridized carbons (Fsp3) is 0.250. The van der Waals surface area contributed by atoms with E-state index in [1.807, 2.05) is 6.07 Å². The van der Waals surface area contributed by atoms with E-state index in [4.69, 9.17) is 4.74 Å². The first-order chi connectivity index (χ1) is 9.22. The second-order valence-electron chi connectivity index (χ2n) is 4.87. The Morgan fingerprint density at radius 3 is 2.58 bits per heavy atom. The zero-order chi connectivity index (χ0) is 13.2. The second kappa shape index (κ2) is 5.61. The molecule has 0 saturated carbocycles. The number of aliphatic hydroxyl groups is 1. The molecule has 0 radical (unpaired) electrons. The minimum absolute atomic E-state index is 0.453. The molecule has 1 atom stereocenters. The molecule has 0 saturated heterocycles. The van der Waals surface area contributed by atoms with E-state index in [1.54, 1.807) is 0 Å². The van der Waals surface area contributed by atoms with Gasteiger partial charge in [-0.1, -0.05) is 30.3 Å². The van der Waals surface area contributed by atoms with Crippen LogP contribution in [0.1, 0.15) is 28.4 Å². The lowest BCUT2D eigenvalue weighted by atomic mass is 9.98. The first-order valence-electron chi connectivity index (χ1n) is 6.34. The van der Waals surface area contributed by atoms with Crippen LogP contribution in [0.15, 0.2) is 42.5 Å². The zero-order valence-corrected chi connectivity index (χ0v) is 12.6. The number of hydrogen-bond acceptors (Lipinski definition) is 2. The lowest BCUT2D eigenvalue weighted by molar-refractivity contribution is 0.134. The molecule has 3 rings (SSSR count). The molecule has 1 unspecified atom stereocenters. The summed E-state index contributed by atoms with van der Waals surface area (Å²) in [7, 11) is 0. The van der Waals surface area contributed by atoms with Crippen LogP contribution < -0.4 is 0 Å². The molecular weight excluding hydrogens is 351 g/mol. The summed E-state index contributed by atoms with van der Waals surface area (Å²) in [5.74, 6) is 0. The highest BCUT2D eigenvalue weighted by Crippen LogP contribution is 2.25. The van der Waals surface area contributed by atoms with Gasteiger partial charge in [0.1, 0.15) is 0 Å². The Hall–Kier alpha value is -0.910. The van der Waals surface area contributed by atoms with Gasteiger partial charge in [0, 0.05) is 9.99 Å². The van der Waals surface area contributed by atoms with E-state index in [9.17, 15) is 5.11 Å². The average molecular weight is 366 g/mol. The predicted molar refractivity (Wildman–Crippen MR) is 82.8 cm³/mol. The van der Waals surface area contributed by atoms with Crippen LogP contribution in [-0.4, -0.2) is 5.11 Å². The SMILES string of the molecule is OC(Cc1ccc(I)cc1)c1ccc2c(c1)COC2. The number of hydrogen-bond donors (Lipinski definition) is 1. The van der Waals surface area contributed by atoms with Crippen LogP contribution in [-0.2, 0) is 24.4 Å². The molecule has 0 fully saturated rings. The molecule has 2 aromatic carbocycles. The average Bonchev–Trinajstić information content (AvgIpc) is 2.88. The van der Waals surface area contributed by atoms with Crippen molar-refractivity contribution in [1.29, 1.82) is 0 Å². The minimum atomic E-state index is -0.453. The Bertz CT molecular complexity index is 578. The summed E-state index contributed by atoms with van der Waals surface area (Å²) in [5, 5.41) is 10.3. The third-order valence-electron chi connectivity index (χ3n) is 3.47. The normalized spacial score (nSPS) is 15.3. The van der Waals surface area contributed by atoms with E-state index in [1.165, 1.54) is 14.7 Å². The van der Waals surface area contributed by atoms with Gasteiger partial charge < -0.3 is 9.84 Å². The van der Waals surface area contributed by atoms with Crippen LogP contribution in [0.3, 0.4) is 0 Å². The van der Waals surface area contributed by atoms with E-state index in [-0.39, 0.29) is 0 Å². The smallest absolute Gasteiger partial charge is 0.0830 e. The molecule has 2 aromatic rings. The van der Waals surface area contributed by atoms with Crippen LogP contribution in [0, 0.1) is 3.57 Å². The van der Waals surface area contributed by atoms with Crippen LogP contribution in [0.2, 0.25) is 0 Å². The first-order valence-corrected chi connectivity index (χ1v) is 7.42. The highest BCUT2D eigenvalue weighted by molar-refractivity contribution is 14.1. The zero-order valence-electron chi connectivity index (χ0n) is 10.5. The monoisotopic (exact) mass is 366 g/mol. The molecule has 1 N–H and O–H groups in total. The summed E-state index contributed by atoms with van der Waals surface area (Å²) >= 11 is 2.29. The molecule has 0 aromatic heterocycles. The second-order valence-corrected chi connectivity index (χ2v) is 6.11. The van der Waals surface area contributed by atoms with Gasteiger partial charge >= 0.3 is 0 Å². The van der Waals surface area contributed by atoms with Crippen molar-refractivity contribution in [3.8, 4) is 0 Å². The van der Waals surface area contributed by atoms with Gasteiger partial charge in [0.25, 0.3) is 0 Å². The lowest BCUT2D eigenvalue weighted by Crippen LogP contribution is -2.02. The van der Waals surface area contributed by atoms with Crippen molar-refractivity contribution in [2.24, 2.45) is 0 Å². The molecule has 19 heavy (non-hydrogen) atoms. The van der Waals surface area contributed by atoms with Gasteiger partial charge in [0.05, 0.1) is 19.3 Å². The van der Waals surface area contributed by atoms with Crippen molar-refractivity contribution >= 4 is 22.6 Å². The largest absolute Gasteiger partial charge is 0.388 e. The topological polar surface area (TPSA) is 29.5 Å². The molecule has 0 spiro atoms. The van der Waals surface area contributed by atoms with E-state index in [0.29, 0.717) is 19.6 Å². The quantitative estimate of drug-likeness (QED) is 0.842. The van der Waals surface area contributed by atoms with Crippen molar-refractivity contribution in [2.45, 2.75) is 25.7 Å². The molecule has 0 amide bonds. The molecule has 3 heteroatoms. The van der Waals surface area contributed by atoms with Crippen LogP contribution in [0.5, 0.6) is 0 Å². The Balaban J connectivity index is 1.76. The molecule has 1 aliphatic rings. The van der Waals surface area contributed by atoms with Crippen LogP contribution >= 0.6 is 22.6 Å². The summed E-state index contributed by atoms with van der Waals surface area (Å²) < 4.78 is 6.61. The molecular formula is C16H15IO2. The van der Waals surface area contributed by atoms with Gasteiger partial charge in [0.2, 0.25) is 0 Å². The summed E-state index contributed by atoms with van der Waals surface area (Å²) in [6, 6.07) is 14.4. The molecule has 98 valence electrons. The van der Waals surface area contributed by atoms with Crippen LogP contribution in [0.25, 0.3) is 0 Å². The molecule has 0 aliphatic carbocycles. The van der Waals surface area contributed by atoms with Gasteiger partial charge in [-0.25, -0.2) is 0 Å². The highest BCUT2D eigenvalue weighted by atomic mass is 127. The summed E-state index contributed by atoms with van der Waals surface area (Å²) in [6.45, 7) is 1.36. The maximum Gasteiger partial charge on any atom is 0.0830 e. The Morgan fingerprint density at radius 1 is 1.05 bits per heavy atom. The first kappa shape index (κ1) is 13.1. The molecule has 1 aliphatic heterocycles. The van der Waals surface area contributed by atoms with Crippen molar-refractivity contribution < 1.29 is 9.84 Å². The van der Waals surface area contributed by atoms with Gasteiger partial charge in [-0.05, 0) is 57.0 Å². The minimum Gasteiger partial charge on any atom is -0.388 e. The van der Waals surface area contributed by atoms with Crippen molar-refractivity contribution in [2.75, 3.05) is 0 Å². The Labute approximate surface area is 126 Å². The lowest BCUT2D eigenvalue weighted by Gasteiger charge is -2.12. The van der Waals surface area contributed by atoms with E-state index >= 15 is 0 Å². The van der Waals surface area contributed by atoms with Gasteiger partial charge in [-0.3, -0.25) is 0 Å². The van der Waals surface area contributed by atoms with Crippen molar-refractivity contribution in [1.82, 2.24) is 0 Å². The summed E-state index contributed by atoms with van der Waals surface area (Å²) in [5.41, 5.74) is 4.58. The highest BCUT2D eigenvalue weighted by Gasteiger charge is 2.15. The molecule has 0 bridgehead atoms. The van der Waals surface area contributed by atoms with Gasteiger partial charge in [0.15, 0.2) is 0 Å². The van der Waals surface area contributed by atoms with E-state index < -0.39 is 6.10 Å². The number of fused-ring (bicyclic) bond motifs is 1. The third kappa shape index (κ3) is 2.99. The third-order valence-corrected chi connectivity index (χ3v) is 4.19. The number of ether oxygens (including phenoxy) is 1. The van der Waals surface area contributed by atoms with Crippen LogP contribution in [0.4, 0.5) is 0 Å². The molecule has 2 nitrogen and oxygen atoms in total. The van der Waals surface area contributed by atoms with E-state index in [2.05, 4.69) is 59.0 Å². The van der Waals surface area contributed by atoms with E-state index in [0.717, 1.165) is 11.1 Å². The van der Waals surface area contributed by atoms with Crippen molar-refractivity contribution in [3.63, 3.8) is 0 Å². The van der Waals surface area contributed by atoms with Gasteiger partial charge in [-0.15, -0.1) is 0 Å². The maximum absolute atomic E-state index is 10.3. The van der Waals surface area contributed by atoms with Gasteiger partial charge in [-0.2, -0.15) is 0 Å². The fourth-order valence-corrected chi connectivity index (χ4v) is 2.72. The predicted octanol–water partition coefficient (Wildman–Crippen LogP) is 3.60. The number of rotatable bonds is 3. The summed E-state index contributed by atoms with van der Waals surface area (Å²) in [6.07, 6.45) is 0.197. The Morgan fingerprint density at radius 2 is 1.79 bits per heavy atom. The number of halogens is 1. The number of benzene rings is 2. The number of aliphatic hydroxyl groups excluding tert-OH is 1. The fourth-order valence-electron chi connectivity index (χ4n) is 2.36. The standard InChI is InChI=1S/C16H15IO2/c17-15-5-1-11(2-6-15)7-16(18)12-3-4-13-9-19-10-14(13)8-12/h1-6,8,16,18H,7,9-10H2. The maximum atomic E-state index is 10.3. The Kier molecular flexibility index (Phi) is 3.86. The summed E-state index contributed by atoms with van der Waals surface area (Å²) in [4.78, 5) is 0. The molecule has 1 heterocycles. The van der Waals surface area contributed by atoms with Crippen molar-refractivity contribution in [3.05, 3.63) is 68.3 Å².